The maximum atomic E-state index is 5.92. The molecule has 0 aliphatic rings. The van der Waals surface area contributed by atoms with Crippen LogP contribution in [0.2, 0.25) is 0 Å². The molecule has 0 saturated carbocycles. The molecule has 17 heavy (non-hydrogen) atoms. The SMILES string of the molecule is Cc1cc(N)cc(-c2cccc3ccsc23)c1. The second-order valence-corrected chi connectivity index (χ2v) is 5.19. The molecule has 84 valence electrons. The van der Waals surface area contributed by atoms with Gasteiger partial charge in [-0.05, 0) is 52.6 Å². The minimum absolute atomic E-state index is 0.827. The lowest BCUT2D eigenvalue weighted by Gasteiger charge is -2.06. The Morgan fingerprint density at radius 3 is 2.76 bits per heavy atom. The molecule has 1 aromatic heterocycles. The molecule has 0 aliphatic heterocycles. The zero-order valence-corrected chi connectivity index (χ0v) is 10.4. The van der Waals surface area contributed by atoms with Crippen LogP contribution in [-0.2, 0) is 0 Å². The topological polar surface area (TPSA) is 26.0 Å². The van der Waals surface area contributed by atoms with E-state index in [1.165, 1.54) is 26.8 Å². The minimum Gasteiger partial charge on any atom is -0.399 e. The van der Waals surface area contributed by atoms with Gasteiger partial charge in [0.1, 0.15) is 0 Å². The van der Waals surface area contributed by atoms with Crippen molar-refractivity contribution in [2.45, 2.75) is 6.92 Å². The lowest BCUT2D eigenvalue weighted by atomic mass is 10.0. The second kappa shape index (κ2) is 3.90. The van der Waals surface area contributed by atoms with Gasteiger partial charge in [0.15, 0.2) is 0 Å². The summed E-state index contributed by atoms with van der Waals surface area (Å²) in [7, 11) is 0. The Labute approximate surface area is 105 Å². The van der Waals surface area contributed by atoms with Gasteiger partial charge in [-0.1, -0.05) is 24.3 Å². The highest BCUT2D eigenvalue weighted by Gasteiger charge is 2.05. The van der Waals surface area contributed by atoms with E-state index in [9.17, 15) is 0 Å². The Morgan fingerprint density at radius 1 is 1.06 bits per heavy atom. The second-order valence-electron chi connectivity index (χ2n) is 4.28. The van der Waals surface area contributed by atoms with Crippen molar-refractivity contribution in [2.75, 3.05) is 5.73 Å². The Bertz CT molecular complexity index is 662. The van der Waals surface area contributed by atoms with Crippen LogP contribution < -0.4 is 5.73 Å². The molecule has 0 amide bonds. The quantitative estimate of drug-likeness (QED) is 0.623. The van der Waals surface area contributed by atoms with Crippen LogP contribution in [0, 0.1) is 6.92 Å². The zero-order chi connectivity index (χ0) is 11.8. The smallest absolute Gasteiger partial charge is 0.0421 e. The maximum Gasteiger partial charge on any atom is 0.0421 e. The Kier molecular flexibility index (Phi) is 2.37. The van der Waals surface area contributed by atoms with Crippen LogP contribution in [-0.4, -0.2) is 0 Å². The Balaban J connectivity index is 2.30. The van der Waals surface area contributed by atoms with Gasteiger partial charge in [-0.2, -0.15) is 0 Å². The number of nitrogens with two attached hydrogens (primary N) is 1. The van der Waals surface area contributed by atoms with Gasteiger partial charge in [0.25, 0.3) is 0 Å². The number of thiophene rings is 1. The molecule has 0 atom stereocenters. The predicted octanol–water partition coefficient (Wildman–Crippen LogP) is 4.46. The summed E-state index contributed by atoms with van der Waals surface area (Å²) in [4.78, 5) is 0. The molecule has 0 radical (unpaired) electrons. The fourth-order valence-corrected chi connectivity index (χ4v) is 3.12. The van der Waals surface area contributed by atoms with E-state index < -0.39 is 0 Å². The number of nitrogen functional groups attached to an aromatic ring is 1. The number of fused-ring (bicyclic) bond motifs is 1. The van der Waals surface area contributed by atoms with E-state index in [4.69, 9.17) is 5.73 Å². The number of rotatable bonds is 1. The van der Waals surface area contributed by atoms with Crippen molar-refractivity contribution in [3.05, 3.63) is 53.4 Å². The molecule has 0 bridgehead atoms. The fourth-order valence-electron chi connectivity index (χ4n) is 2.19. The van der Waals surface area contributed by atoms with E-state index in [0.29, 0.717) is 0 Å². The molecule has 0 spiro atoms. The minimum atomic E-state index is 0.827. The van der Waals surface area contributed by atoms with Gasteiger partial charge >= 0.3 is 0 Å². The summed E-state index contributed by atoms with van der Waals surface area (Å²) in [5.41, 5.74) is 10.4. The van der Waals surface area contributed by atoms with Gasteiger partial charge < -0.3 is 5.73 Å². The first kappa shape index (κ1) is 10.4. The van der Waals surface area contributed by atoms with Crippen molar-refractivity contribution < 1.29 is 0 Å². The maximum absolute atomic E-state index is 5.92. The van der Waals surface area contributed by atoms with Crippen molar-refractivity contribution in [2.24, 2.45) is 0 Å². The number of benzene rings is 2. The van der Waals surface area contributed by atoms with E-state index >= 15 is 0 Å². The molecule has 0 fully saturated rings. The lowest BCUT2D eigenvalue weighted by Crippen LogP contribution is -1.87. The summed E-state index contributed by atoms with van der Waals surface area (Å²) in [6, 6.07) is 14.8. The molecule has 3 aromatic rings. The lowest BCUT2D eigenvalue weighted by molar-refractivity contribution is 1.47. The first-order valence-electron chi connectivity index (χ1n) is 5.58. The molecule has 2 heteroatoms. The Morgan fingerprint density at radius 2 is 1.94 bits per heavy atom. The largest absolute Gasteiger partial charge is 0.399 e. The van der Waals surface area contributed by atoms with Gasteiger partial charge in [0, 0.05) is 10.4 Å². The van der Waals surface area contributed by atoms with E-state index in [2.05, 4.69) is 42.6 Å². The van der Waals surface area contributed by atoms with Gasteiger partial charge in [0.05, 0.1) is 0 Å². The van der Waals surface area contributed by atoms with Crippen molar-refractivity contribution in [3.63, 3.8) is 0 Å². The summed E-state index contributed by atoms with van der Waals surface area (Å²) in [5.74, 6) is 0. The summed E-state index contributed by atoms with van der Waals surface area (Å²) in [6.07, 6.45) is 0. The van der Waals surface area contributed by atoms with E-state index in [0.717, 1.165) is 5.69 Å². The van der Waals surface area contributed by atoms with Crippen LogP contribution in [0.5, 0.6) is 0 Å². The molecule has 1 nitrogen and oxygen atoms in total. The van der Waals surface area contributed by atoms with Gasteiger partial charge in [0.2, 0.25) is 0 Å². The summed E-state index contributed by atoms with van der Waals surface area (Å²) >= 11 is 1.78. The van der Waals surface area contributed by atoms with Crippen LogP contribution in [0.3, 0.4) is 0 Å². The summed E-state index contributed by atoms with van der Waals surface area (Å²) < 4.78 is 1.33. The van der Waals surface area contributed by atoms with Gasteiger partial charge in [-0.25, -0.2) is 0 Å². The number of hydrogen-bond acceptors (Lipinski definition) is 2. The molecular weight excluding hydrogens is 226 g/mol. The van der Waals surface area contributed by atoms with Crippen molar-refractivity contribution in [1.82, 2.24) is 0 Å². The third-order valence-electron chi connectivity index (χ3n) is 2.89. The predicted molar refractivity (Wildman–Crippen MR) is 76.4 cm³/mol. The number of aryl methyl sites for hydroxylation is 1. The van der Waals surface area contributed by atoms with Crippen molar-refractivity contribution in [1.29, 1.82) is 0 Å². The highest BCUT2D eigenvalue weighted by molar-refractivity contribution is 7.17. The van der Waals surface area contributed by atoms with E-state index in [1.54, 1.807) is 11.3 Å². The molecule has 0 saturated heterocycles. The first-order chi connectivity index (χ1) is 8.24. The third kappa shape index (κ3) is 1.81. The molecule has 1 heterocycles. The molecule has 0 unspecified atom stereocenters. The summed E-state index contributed by atoms with van der Waals surface area (Å²) in [6.45, 7) is 2.08. The molecule has 2 N–H and O–H groups in total. The summed E-state index contributed by atoms with van der Waals surface area (Å²) in [5, 5.41) is 3.43. The average molecular weight is 239 g/mol. The monoisotopic (exact) mass is 239 g/mol. The van der Waals surface area contributed by atoms with Crippen LogP contribution in [0.15, 0.2) is 47.8 Å². The van der Waals surface area contributed by atoms with Crippen molar-refractivity contribution in [3.8, 4) is 11.1 Å². The van der Waals surface area contributed by atoms with Crippen molar-refractivity contribution >= 4 is 27.1 Å². The Hall–Kier alpha value is -1.80. The fraction of sp³-hybridized carbons (Fsp3) is 0.0667. The molecule has 2 aromatic carbocycles. The highest BCUT2D eigenvalue weighted by atomic mass is 32.1. The van der Waals surface area contributed by atoms with Crippen LogP contribution in [0.1, 0.15) is 5.56 Å². The van der Waals surface area contributed by atoms with Crippen LogP contribution in [0.25, 0.3) is 21.2 Å². The first-order valence-corrected chi connectivity index (χ1v) is 6.46. The van der Waals surface area contributed by atoms with Crippen LogP contribution >= 0.6 is 11.3 Å². The van der Waals surface area contributed by atoms with Crippen LogP contribution in [0.4, 0.5) is 5.69 Å². The molecule has 0 aliphatic carbocycles. The van der Waals surface area contributed by atoms with Gasteiger partial charge in [-0.15, -0.1) is 11.3 Å². The van der Waals surface area contributed by atoms with Gasteiger partial charge in [-0.3, -0.25) is 0 Å². The third-order valence-corrected chi connectivity index (χ3v) is 3.85. The average Bonchev–Trinajstić information content (AvgIpc) is 2.75. The normalized spacial score (nSPS) is 10.9. The van der Waals surface area contributed by atoms with E-state index in [1.807, 2.05) is 12.1 Å². The number of hydrogen-bond donors (Lipinski definition) is 1. The van der Waals surface area contributed by atoms with E-state index in [-0.39, 0.29) is 0 Å². The standard InChI is InChI=1S/C15H13NS/c1-10-7-12(9-13(16)8-10)14-4-2-3-11-5-6-17-15(11)14/h2-9H,16H2,1H3. The molecule has 3 rings (SSSR count). The number of anilines is 1. The zero-order valence-electron chi connectivity index (χ0n) is 9.60. The highest BCUT2D eigenvalue weighted by Crippen LogP contribution is 2.33. The molecular formula is C15H13NS.